The molecule has 0 radical (unpaired) electrons. The molecule has 1 atom stereocenters. The quantitative estimate of drug-likeness (QED) is 0.886. The van der Waals surface area contributed by atoms with Crippen LogP contribution in [-0.2, 0) is 10.0 Å². The van der Waals surface area contributed by atoms with E-state index < -0.39 is 10.0 Å². The van der Waals surface area contributed by atoms with Gasteiger partial charge in [-0.3, -0.25) is 4.79 Å². The van der Waals surface area contributed by atoms with Crippen molar-refractivity contribution < 1.29 is 13.2 Å². The second-order valence-corrected chi connectivity index (χ2v) is 8.51. The lowest BCUT2D eigenvalue weighted by atomic mass is 10.1. The van der Waals surface area contributed by atoms with Gasteiger partial charge in [0.15, 0.2) is 0 Å². The molecule has 2 fully saturated rings. The highest BCUT2D eigenvalue weighted by Crippen LogP contribution is 2.26. The minimum atomic E-state index is -3.63. The summed E-state index contributed by atoms with van der Waals surface area (Å²) < 4.78 is 27.5. The molecule has 2 heterocycles. The van der Waals surface area contributed by atoms with Crippen LogP contribution in [0.15, 0.2) is 29.2 Å². The van der Waals surface area contributed by atoms with Crippen molar-refractivity contribution in [2.45, 2.75) is 30.6 Å². The van der Waals surface area contributed by atoms with Crippen molar-refractivity contribution in [3.05, 3.63) is 29.8 Å². The number of carbonyl (C=O) groups is 1. The molecule has 132 valence electrons. The molecule has 7 heteroatoms. The average Bonchev–Trinajstić information content (AvgIpc) is 3.11. The molecule has 2 N–H and O–H groups in total. The number of sulfonamides is 1. The molecule has 6 nitrogen and oxygen atoms in total. The van der Waals surface area contributed by atoms with E-state index in [1.807, 2.05) is 0 Å². The van der Waals surface area contributed by atoms with E-state index in [0.29, 0.717) is 38.6 Å². The molecule has 1 unspecified atom stereocenters. The van der Waals surface area contributed by atoms with Crippen molar-refractivity contribution in [2.24, 2.45) is 11.7 Å². The summed E-state index contributed by atoms with van der Waals surface area (Å²) >= 11 is 0. The molecule has 0 bridgehead atoms. The Morgan fingerprint density at radius 2 is 1.83 bits per heavy atom. The van der Waals surface area contributed by atoms with E-state index in [-0.39, 0.29) is 16.4 Å². The number of hydrogen-bond donors (Lipinski definition) is 1. The summed E-state index contributed by atoms with van der Waals surface area (Å²) in [6.45, 7) is 2.86. The Morgan fingerprint density at radius 3 is 2.50 bits per heavy atom. The van der Waals surface area contributed by atoms with Crippen LogP contribution in [0.2, 0.25) is 0 Å². The predicted molar refractivity (Wildman–Crippen MR) is 92.1 cm³/mol. The predicted octanol–water partition coefficient (Wildman–Crippen LogP) is 1.28. The van der Waals surface area contributed by atoms with E-state index in [1.165, 1.54) is 4.31 Å². The van der Waals surface area contributed by atoms with Crippen LogP contribution in [0, 0.1) is 5.92 Å². The zero-order valence-corrected chi connectivity index (χ0v) is 14.7. The number of rotatable bonds is 4. The number of carbonyl (C=O) groups excluding carboxylic acids is 1. The standard InChI is InChI=1S/C17H25N3O3S/c18-12-14-8-11-19(13-14)17(21)15-6-2-3-7-16(15)24(22,23)20-9-4-1-5-10-20/h2-3,6-7,14H,1,4-5,8-13,18H2. The van der Waals surface area contributed by atoms with Crippen LogP contribution >= 0.6 is 0 Å². The maximum absolute atomic E-state index is 13.0. The monoisotopic (exact) mass is 351 g/mol. The highest BCUT2D eigenvalue weighted by molar-refractivity contribution is 7.89. The lowest BCUT2D eigenvalue weighted by molar-refractivity contribution is 0.0783. The van der Waals surface area contributed by atoms with E-state index in [0.717, 1.165) is 25.7 Å². The lowest BCUT2D eigenvalue weighted by Crippen LogP contribution is -2.37. The molecule has 2 aliphatic rings. The van der Waals surface area contributed by atoms with Gasteiger partial charge in [-0.25, -0.2) is 8.42 Å². The largest absolute Gasteiger partial charge is 0.338 e. The van der Waals surface area contributed by atoms with Gasteiger partial charge in [0.05, 0.1) is 10.5 Å². The first kappa shape index (κ1) is 17.4. The Hall–Kier alpha value is -1.44. The average molecular weight is 351 g/mol. The summed E-state index contributed by atoms with van der Waals surface area (Å²) in [5.74, 6) is 0.0990. The van der Waals surface area contributed by atoms with Crippen LogP contribution < -0.4 is 5.73 Å². The minimum Gasteiger partial charge on any atom is -0.338 e. The second-order valence-electron chi connectivity index (χ2n) is 6.60. The Kier molecular flexibility index (Phi) is 5.22. The highest BCUT2D eigenvalue weighted by atomic mass is 32.2. The molecule has 0 saturated carbocycles. The normalized spacial score (nSPS) is 22.7. The van der Waals surface area contributed by atoms with Gasteiger partial charge in [-0.1, -0.05) is 18.6 Å². The lowest BCUT2D eigenvalue weighted by Gasteiger charge is -2.27. The van der Waals surface area contributed by atoms with Gasteiger partial charge in [-0.05, 0) is 43.9 Å². The topological polar surface area (TPSA) is 83.7 Å². The zero-order chi connectivity index (χ0) is 17.2. The molecule has 3 rings (SSSR count). The summed E-state index contributed by atoms with van der Waals surface area (Å²) in [6, 6.07) is 6.57. The molecule has 24 heavy (non-hydrogen) atoms. The summed E-state index contributed by atoms with van der Waals surface area (Å²) in [5, 5.41) is 0. The zero-order valence-electron chi connectivity index (χ0n) is 13.9. The highest BCUT2D eigenvalue weighted by Gasteiger charge is 2.33. The van der Waals surface area contributed by atoms with Gasteiger partial charge < -0.3 is 10.6 Å². The van der Waals surface area contributed by atoms with Gasteiger partial charge in [-0.15, -0.1) is 0 Å². The number of amides is 1. The Bertz CT molecular complexity index is 699. The Balaban J connectivity index is 1.89. The fourth-order valence-electron chi connectivity index (χ4n) is 3.49. The van der Waals surface area contributed by atoms with Gasteiger partial charge in [0.25, 0.3) is 5.91 Å². The third-order valence-electron chi connectivity index (χ3n) is 4.96. The maximum atomic E-state index is 13.0. The van der Waals surface area contributed by atoms with Crippen LogP contribution in [0.3, 0.4) is 0 Å². The molecule has 1 aromatic carbocycles. The van der Waals surface area contributed by atoms with Crippen molar-refractivity contribution in [3.8, 4) is 0 Å². The van der Waals surface area contributed by atoms with Crippen molar-refractivity contribution in [3.63, 3.8) is 0 Å². The molecule has 2 aliphatic heterocycles. The minimum absolute atomic E-state index is 0.132. The number of hydrogen-bond acceptors (Lipinski definition) is 4. The molecule has 0 spiro atoms. The maximum Gasteiger partial charge on any atom is 0.255 e. The number of likely N-dealkylation sites (tertiary alicyclic amines) is 1. The van der Waals surface area contributed by atoms with Crippen LogP contribution in [-0.4, -0.2) is 56.3 Å². The van der Waals surface area contributed by atoms with E-state index >= 15 is 0 Å². The summed E-state index contributed by atoms with van der Waals surface area (Å²) in [7, 11) is -3.63. The molecule has 2 saturated heterocycles. The first-order valence-corrected chi connectivity index (χ1v) is 10.1. The van der Waals surface area contributed by atoms with Gasteiger partial charge in [0, 0.05) is 26.2 Å². The van der Waals surface area contributed by atoms with Gasteiger partial charge in [0.2, 0.25) is 10.0 Å². The molecule has 0 aromatic heterocycles. The smallest absolute Gasteiger partial charge is 0.255 e. The molecule has 1 amide bonds. The first-order chi connectivity index (χ1) is 11.5. The van der Waals surface area contributed by atoms with Crippen molar-refractivity contribution >= 4 is 15.9 Å². The Morgan fingerprint density at radius 1 is 1.12 bits per heavy atom. The molecular weight excluding hydrogens is 326 g/mol. The third-order valence-corrected chi connectivity index (χ3v) is 6.91. The Labute approximate surface area is 143 Å². The van der Waals surface area contributed by atoms with Crippen molar-refractivity contribution in [1.82, 2.24) is 9.21 Å². The van der Waals surface area contributed by atoms with Gasteiger partial charge >= 0.3 is 0 Å². The van der Waals surface area contributed by atoms with Crippen molar-refractivity contribution in [1.29, 1.82) is 0 Å². The molecular formula is C17H25N3O3S. The SMILES string of the molecule is NCC1CCN(C(=O)c2ccccc2S(=O)(=O)N2CCCCC2)C1. The molecule has 0 aliphatic carbocycles. The fourth-order valence-corrected chi connectivity index (χ4v) is 5.19. The van der Waals surface area contributed by atoms with E-state index in [9.17, 15) is 13.2 Å². The number of nitrogens with two attached hydrogens (primary N) is 1. The second kappa shape index (κ2) is 7.21. The van der Waals surface area contributed by atoms with E-state index in [4.69, 9.17) is 5.73 Å². The number of piperidine rings is 1. The first-order valence-electron chi connectivity index (χ1n) is 8.62. The summed E-state index contributed by atoms with van der Waals surface area (Å²) in [5.41, 5.74) is 5.97. The van der Waals surface area contributed by atoms with Crippen LogP contribution in [0.4, 0.5) is 0 Å². The van der Waals surface area contributed by atoms with Crippen molar-refractivity contribution in [2.75, 3.05) is 32.7 Å². The summed E-state index contributed by atoms with van der Waals surface area (Å²) in [4.78, 5) is 14.7. The van der Waals surface area contributed by atoms with Gasteiger partial charge in [-0.2, -0.15) is 4.31 Å². The number of benzene rings is 1. The van der Waals surface area contributed by atoms with Crippen LogP contribution in [0.1, 0.15) is 36.0 Å². The summed E-state index contributed by atoms with van der Waals surface area (Å²) in [6.07, 6.45) is 3.68. The van der Waals surface area contributed by atoms with Crippen LogP contribution in [0.5, 0.6) is 0 Å². The fraction of sp³-hybridized carbons (Fsp3) is 0.588. The third kappa shape index (κ3) is 3.34. The van der Waals surface area contributed by atoms with E-state index in [2.05, 4.69) is 0 Å². The van der Waals surface area contributed by atoms with Crippen LogP contribution in [0.25, 0.3) is 0 Å². The van der Waals surface area contributed by atoms with E-state index in [1.54, 1.807) is 29.2 Å². The molecule has 1 aromatic rings. The number of nitrogens with zero attached hydrogens (tertiary/aromatic N) is 2. The van der Waals surface area contributed by atoms with Gasteiger partial charge in [0.1, 0.15) is 0 Å².